The van der Waals surface area contributed by atoms with Crippen LogP contribution in [-0.2, 0) is 4.79 Å². The van der Waals surface area contributed by atoms with E-state index in [-0.39, 0.29) is 22.7 Å². The molecule has 0 spiro atoms. The number of anilines is 2. The van der Waals surface area contributed by atoms with Crippen LogP contribution < -0.4 is 10.6 Å². The maximum Gasteiger partial charge on any atom is 0.270 e. The lowest BCUT2D eigenvalue weighted by Gasteiger charge is -2.03. The molecule has 0 aliphatic carbocycles. The molecule has 9 nitrogen and oxygen atoms in total. The summed E-state index contributed by atoms with van der Waals surface area (Å²) >= 11 is 2.17. The normalized spacial score (nSPS) is 10.4. The third kappa shape index (κ3) is 5.56. The zero-order valence-corrected chi connectivity index (χ0v) is 16.1. The zero-order chi connectivity index (χ0) is 20.8. The molecule has 0 unspecified atom stereocenters. The smallest absolute Gasteiger partial charge is 0.270 e. The van der Waals surface area contributed by atoms with E-state index >= 15 is 0 Å². The van der Waals surface area contributed by atoms with Gasteiger partial charge >= 0.3 is 0 Å². The third-order valence-corrected chi connectivity index (χ3v) is 5.39. The first-order chi connectivity index (χ1) is 13.9. The average Bonchev–Trinajstić information content (AvgIpc) is 3.15. The summed E-state index contributed by atoms with van der Waals surface area (Å²) in [5.41, 5.74) is 0.00792. The fourth-order valence-electron chi connectivity index (χ4n) is 2.12. The number of non-ortho nitro benzene ring substituents is 1. The molecular formula is C17H12FN5O4S2. The van der Waals surface area contributed by atoms with Crippen molar-refractivity contribution in [2.75, 3.05) is 11.1 Å². The number of aromatic nitrogens is 2. The van der Waals surface area contributed by atoms with Crippen LogP contribution in [0.4, 0.5) is 20.9 Å². The van der Waals surface area contributed by atoms with E-state index in [0.717, 1.165) is 29.2 Å². The molecule has 29 heavy (non-hydrogen) atoms. The van der Waals surface area contributed by atoms with Crippen molar-refractivity contribution in [2.45, 2.75) is 4.34 Å². The minimum absolute atomic E-state index is 0.00448. The number of nitrogens with zero attached hydrogens (tertiary/aromatic N) is 3. The second kappa shape index (κ2) is 9.21. The Balaban J connectivity index is 1.53. The predicted molar refractivity (Wildman–Crippen MR) is 106 cm³/mol. The van der Waals surface area contributed by atoms with Crippen LogP contribution in [0.25, 0.3) is 0 Å². The van der Waals surface area contributed by atoms with E-state index in [0.29, 0.717) is 9.47 Å². The van der Waals surface area contributed by atoms with Gasteiger partial charge in [-0.15, -0.1) is 10.2 Å². The van der Waals surface area contributed by atoms with E-state index in [9.17, 15) is 24.1 Å². The summed E-state index contributed by atoms with van der Waals surface area (Å²) in [7, 11) is 0. The van der Waals surface area contributed by atoms with Gasteiger partial charge in [-0.25, -0.2) is 4.39 Å². The molecular weight excluding hydrogens is 421 g/mol. The molecule has 2 aromatic carbocycles. The molecule has 3 aromatic rings. The number of benzene rings is 2. The minimum atomic E-state index is -0.738. The number of halogens is 1. The van der Waals surface area contributed by atoms with Crippen molar-refractivity contribution in [3.63, 3.8) is 0 Å². The molecule has 3 rings (SSSR count). The molecule has 0 saturated carbocycles. The van der Waals surface area contributed by atoms with Gasteiger partial charge in [0.2, 0.25) is 11.0 Å². The molecule has 1 aromatic heterocycles. The van der Waals surface area contributed by atoms with Gasteiger partial charge in [0.15, 0.2) is 4.34 Å². The first-order valence-electron chi connectivity index (χ1n) is 7.99. The number of amides is 2. The van der Waals surface area contributed by atoms with Crippen molar-refractivity contribution < 1.29 is 18.9 Å². The Morgan fingerprint density at radius 2 is 1.97 bits per heavy atom. The first-order valence-corrected chi connectivity index (χ1v) is 9.79. The highest BCUT2D eigenvalue weighted by Crippen LogP contribution is 2.28. The molecule has 2 N–H and O–H groups in total. The molecule has 148 valence electrons. The Hall–Kier alpha value is -3.38. The van der Waals surface area contributed by atoms with E-state index in [1.165, 1.54) is 24.3 Å². The lowest BCUT2D eigenvalue weighted by Crippen LogP contribution is -2.31. The van der Waals surface area contributed by atoms with Gasteiger partial charge < -0.3 is 5.32 Å². The Kier molecular flexibility index (Phi) is 6.46. The van der Waals surface area contributed by atoms with Gasteiger partial charge in [-0.1, -0.05) is 41.3 Å². The topological polar surface area (TPSA) is 127 Å². The van der Waals surface area contributed by atoms with E-state index < -0.39 is 22.6 Å². The van der Waals surface area contributed by atoms with E-state index in [1.54, 1.807) is 18.2 Å². The second-order valence-electron chi connectivity index (χ2n) is 5.45. The molecule has 0 atom stereocenters. The van der Waals surface area contributed by atoms with Gasteiger partial charge in [-0.3, -0.25) is 25.0 Å². The van der Waals surface area contributed by atoms with E-state index in [2.05, 4.69) is 20.8 Å². The summed E-state index contributed by atoms with van der Waals surface area (Å²) in [5.74, 6) is -1.88. The maximum atomic E-state index is 13.6. The summed E-state index contributed by atoms with van der Waals surface area (Å²) in [4.78, 5) is 34.1. The number of imide groups is 1. The number of nitro benzene ring substituents is 1. The molecule has 0 bridgehead atoms. The predicted octanol–water partition coefficient (Wildman–Crippen LogP) is 3.38. The van der Waals surface area contributed by atoms with Crippen molar-refractivity contribution in [1.82, 2.24) is 15.5 Å². The van der Waals surface area contributed by atoms with Gasteiger partial charge in [-0.2, -0.15) is 0 Å². The van der Waals surface area contributed by atoms with Crippen molar-refractivity contribution >= 4 is 51.4 Å². The average molecular weight is 433 g/mol. The summed E-state index contributed by atoms with van der Waals surface area (Å²) in [6.45, 7) is 0. The quantitative estimate of drug-likeness (QED) is 0.330. The monoisotopic (exact) mass is 433 g/mol. The molecule has 12 heteroatoms. The van der Waals surface area contributed by atoms with Crippen molar-refractivity contribution in [3.05, 3.63) is 70.0 Å². The molecule has 0 saturated heterocycles. The Labute approximate surface area is 171 Å². The maximum absolute atomic E-state index is 13.6. The van der Waals surface area contributed by atoms with Crippen molar-refractivity contribution in [3.8, 4) is 0 Å². The number of carbonyl (C=O) groups excluding carboxylic acids is 2. The molecule has 0 radical (unpaired) electrons. The van der Waals surface area contributed by atoms with Gasteiger partial charge in [0.05, 0.1) is 16.4 Å². The van der Waals surface area contributed by atoms with E-state index in [4.69, 9.17) is 0 Å². The van der Waals surface area contributed by atoms with Gasteiger partial charge in [0.25, 0.3) is 11.6 Å². The number of carbonyl (C=O) groups is 2. The summed E-state index contributed by atoms with van der Waals surface area (Å²) < 4.78 is 14.1. The number of para-hydroxylation sites is 1. The standard InChI is InChI=1S/C17H12FN5O4S2/c18-12-6-1-2-7-13(12)19-16-21-22-17(29-16)28-9-14(24)20-15(25)10-4-3-5-11(8-10)23(26)27/h1-8H,9H2,(H,19,21)(H,20,24,25). The fourth-order valence-corrected chi connectivity index (χ4v) is 3.68. The zero-order valence-electron chi connectivity index (χ0n) is 14.5. The number of rotatable bonds is 7. The Morgan fingerprint density at radius 3 is 2.72 bits per heavy atom. The van der Waals surface area contributed by atoms with Crippen LogP contribution in [0.15, 0.2) is 52.9 Å². The Bertz CT molecular complexity index is 1080. The fraction of sp³-hybridized carbons (Fsp3) is 0.0588. The SMILES string of the molecule is O=C(CSc1nnc(Nc2ccccc2F)s1)NC(=O)c1cccc([N+](=O)[O-])c1. The summed E-state index contributed by atoms with van der Waals surface area (Å²) in [5, 5.41) is 23.8. The molecule has 0 fully saturated rings. The molecule has 0 aliphatic rings. The highest BCUT2D eigenvalue weighted by molar-refractivity contribution is 8.01. The van der Waals surface area contributed by atoms with Crippen molar-refractivity contribution in [2.24, 2.45) is 0 Å². The van der Waals surface area contributed by atoms with Crippen LogP contribution in [0.2, 0.25) is 0 Å². The van der Waals surface area contributed by atoms with Crippen LogP contribution in [0.5, 0.6) is 0 Å². The van der Waals surface area contributed by atoms with Crippen LogP contribution >= 0.6 is 23.1 Å². The van der Waals surface area contributed by atoms with Gasteiger partial charge in [-0.05, 0) is 18.2 Å². The minimum Gasteiger partial charge on any atom is -0.328 e. The van der Waals surface area contributed by atoms with Crippen LogP contribution in [-0.4, -0.2) is 32.7 Å². The highest BCUT2D eigenvalue weighted by atomic mass is 32.2. The summed E-state index contributed by atoms with van der Waals surface area (Å²) in [6, 6.07) is 11.2. The number of thioether (sulfide) groups is 1. The third-order valence-electron chi connectivity index (χ3n) is 3.42. The molecule has 1 heterocycles. The summed E-state index contributed by atoms with van der Waals surface area (Å²) in [6.07, 6.45) is 0. The molecule has 2 amide bonds. The molecule has 0 aliphatic heterocycles. The number of nitro groups is 1. The van der Waals surface area contributed by atoms with Gasteiger partial charge in [0, 0.05) is 17.7 Å². The number of hydrogen-bond donors (Lipinski definition) is 2. The van der Waals surface area contributed by atoms with Gasteiger partial charge in [0.1, 0.15) is 5.82 Å². The van der Waals surface area contributed by atoms with Crippen molar-refractivity contribution in [1.29, 1.82) is 0 Å². The number of hydrogen-bond acceptors (Lipinski definition) is 9. The first kappa shape index (κ1) is 20.4. The largest absolute Gasteiger partial charge is 0.328 e. The van der Waals surface area contributed by atoms with Crippen LogP contribution in [0, 0.1) is 15.9 Å². The second-order valence-corrected chi connectivity index (χ2v) is 7.65. The number of nitrogens with one attached hydrogen (secondary N) is 2. The lowest BCUT2D eigenvalue weighted by atomic mass is 10.2. The van der Waals surface area contributed by atoms with Crippen LogP contribution in [0.3, 0.4) is 0 Å². The Morgan fingerprint density at radius 1 is 1.17 bits per heavy atom. The van der Waals surface area contributed by atoms with Crippen LogP contribution in [0.1, 0.15) is 10.4 Å². The lowest BCUT2D eigenvalue weighted by molar-refractivity contribution is -0.384. The van der Waals surface area contributed by atoms with E-state index in [1.807, 2.05) is 0 Å². The highest BCUT2D eigenvalue weighted by Gasteiger charge is 2.15.